The number of hydrogen-bond acceptors (Lipinski definition) is 5. The van der Waals surface area contributed by atoms with Crippen LogP contribution in [0.15, 0.2) is 54.6 Å². The Balaban J connectivity index is 0.000000656. The fourth-order valence-electron chi connectivity index (χ4n) is 2.68. The summed E-state index contributed by atoms with van der Waals surface area (Å²) in [5.41, 5.74) is 2.61. The Morgan fingerprint density at radius 1 is 0.867 bits per heavy atom. The predicted molar refractivity (Wildman–Crippen MR) is 115 cm³/mol. The molecule has 30 heavy (non-hydrogen) atoms. The molecule has 164 valence electrons. The van der Waals surface area contributed by atoms with Crippen LogP contribution in [0.25, 0.3) is 0 Å². The summed E-state index contributed by atoms with van der Waals surface area (Å²) in [4.78, 5) is 18.2. The lowest BCUT2D eigenvalue weighted by atomic mass is 9.78. The second kappa shape index (κ2) is 13.3. The van der Waals surface area contributed by atoms with Gasteiger partial charge in [0.15, 0.2) is 0 Å². The van der Waals surface area contributed by atoms with Crippen molar-refractivity contribution in [3.8, 4) is 5.75 Å². The highest BCUT2D eigenvalue weighted by Crippen LogP contribution is 2.32. The average Bonchev–Trinajstić information content (AvgIpc) is 2.74. The zero-order chi connectivity index (χ0) is 22.4. The third kappa shape index (κ3) is 9.07. The molecule has 0 heterocycles. The first-order chi connectivity index (χ1) is 14.3. The summed E-state index contributed by atoms with van der Waals surface area (Å²) in [7, 11) is 1.72. The fourth-order valence-corrected chi connectivity index (χ4v) is 2.68. The topological polar surface area (TPSA) is 105 Å². The molecule has 0 spiro atoms. The molecule has 0 fully saturated rings. The summed E-state index contributed by atoms with van der Waals surface area (Å²) in [5.74, 6) is -2.72. The number of carboxylic acid groups (broad SMARTS) is 2. The molecule has 0 bridgehead atoms. The first-order valence-corrected chi connectivity index (χ1v) is 9.73. The number of benzene rings is 2. The lowest BCUT2D eigenvalue weighted by Gasteiger charge is -2.26. The van der Waals surface area contributed by atoms with Crippen LogP contribution in [-0.4, -0.2) is 55.6 Å². The Morgan fingerprint density at radius 3 is 1.97 bits per heavy atom. The smallest absolute Gasteiger partial charge is 0.414 e. The van der Waals surface area contributed by atoms with E-state index in [1.54, 1.807) is 7.11 Å². The molecule has 3 N–H and O–H groups in total. The first-order valence-electron chi connectivity index (χ1n) is 9.73. The van der Waals surface area contributed by atoms with Crippen LogP contribution in [0.3, 0.4) is 0 Å². The maximum atomic E-state index is 9.10. The van der Waals surface area contributed by atoms with Gasteiger partial charge in [0, 0.05) is 19.1 Å². The van der Waals surface area contributed by atoms with Crippen LogP contribution in [0, 0.1) is 0 Å². The highest BCUT2D eigenvalue weighted by atomic mass is 16.5. The zero-order valence-corrected chi connectivity index (χ0v) is 17.8. The second-order valence-electron chi connectivity index (χ2n) is 7.07. The number of nitrogens with one attached hydrogen (secondary N) is 1. The Kier molecular flexibility index (Phi) is 11.2. The molecule has 0 aliphatic heterocycles. The molecule has 0 aliphatic carbocycles. The molecule has 0 atom stereocenters. The molecule has 0 unspecified atom stereocenters. The lowest BCUT2D eigenvalue weighted by molar-refractivity contribution is -0.159. The Hall–Kier alpha value is -2.90. The largest absolute Gasteiger partial charge is 0.494 e. The van der Waals surface area contributed by atoms with Gasteiger partial charge in [0.1, 0.15) is 5.75 Å². The van der Waals surface area contributed by atoms with E-state index < -0.39 is 11.9 Å². The Bertz CT molecular complexity index is 747. The molecule has 0 saturated heterocycles. The number of carbonyl (C=O) groups is 2. The van der Waals surface area contributed by atoms with E-state index in [2.05, 4.69) is 73.8 Å². The molecule has 0 amide bonds. The molecule has 0 saturated carbocycles. The lowest BCUT2D eigenvalue weighted by Crippen LogP contribution is -2.21. The van der Waals surface area contributed by atoms with Crippen LogP contribution in [0.2, 0.25) is 0 Å². The highest BCUT2D eigenvalue weighted by Gasteiger charge is 2.22. The van der Waals surface area contributed by atoms with Crippen molar-refractivity contribution >= 4 is 11.9 Å². The number of aliphatic carboxylic acids is 2. The van der Waals surface area contributed by atoms with Gasteiger partial charge in [-0.1, -0.05) is 56.3 Å². The minimum Gasteiger partial charge on any atom is -0.494 e. The van der Waals surface area contributed by atoms with Crippen LogP contribution in [0.4, 0.5) is 0 Å². The second-order valence-corrected chi connectivity index (χ2v) is 7.07. The van der Waals surface area contributed by atoms with Crippen molar-refractivity contribution < 1.29 is 29.3 Å². The van der Waals surface area contributed by atoms with Gasteiger partial charge in [0.05, 0.1) is 13.2 Å². The number of rotatable bonds is 10. The van der Waals surface area contributed by atoms with Gasteiger partial charge in [-0.15, -0.1) is 0 Å². The van der Waals surface area contributed by atoms with Gasteiger partial charge in [0.2, 0.25) is 0 Å². The summed E-state index contributed by atoms with van der Waals surface area (Å²) in [6.07, 6.45) is 0.987. The number of carboxylic acids is 2. The minimum absolute atomic E-state index is 0.00887. The maximum absolute atomic E-state index is 9.10. The molecule has 7 heteroatoms. The van der Waals surface area contributed by atoms with E-state index in [4.69, 9.17) is 29.3 Å². The van der Waals surface area contributed by atoms with Crippen molar-refractivity contribution in [3.05, 3.63) is 65.7 Å². The van der Waals surface area contributed by atoms with E-state index in [0.29, 0.717) is 0 Å². The molecular weight excluding hydrogens is 386 g/mol. The van der Waals surface area contributed by atoms with Crippen LogP contribution in [0.1, 0.15) is 31.4 Å². The monoisotopic (exact) mass is 417 g/mol. The quantitative estimate of drug-likeness (QED) is 0.403. The van der Waals surface area contributed by atoms with Crippen LogP contribution in [0.5, 0.6) is 5.75 Å². The molecule has 2 aromatic carbocycles. The highest BCUT2D eigenvalue weighted by molar-refractivity contribution is 6.27. The summed E-state index contributed by atoms with van der Waals surface area (Å²) in [6.45, 7) is 7.82. The standard InChI is InChI=1S/C21H29NO2.C2H2O4/c1-21(2,18-8-5-4-6-9-18)19-10-12-20(13-11-19)24-16-7-14-22-15-17-23-3;3-1(4)2(5)6/h4-6,8-13,22H,7,14-17H2,1-3H3;(H,3,4)(H,5,6). The number of methoxy groups -OCH3 is 1. The Labute approximate surface area is 177 Å². The van der Waals surface area contributed by atoms with Crippen LogP contribution in [-0.2, 0) is 19.7 Å². The zero-order valence-electron chi connectivity index (χ0n) is 17.8. The van der Waals surface area contributed by atoms with E-state index in [9.17, 15) is 0 Å². The normalized spacial score (nSPS) is 10.6. The molecule has 7 nitrogen and oxygen atoms in total. The van der Waals surface area contributed by atoms with Crippen molar-refractivity contribution in [2.45, 2.75) is 25.7 Å². The number of ether oxygens (including phenoxy) is 2. The van der Waals surface area contributed by atoms with Gasteiger partial charge in [-0.25, -0.2) is 9.59 Å². The molecular formula is C23H31NO6. The van der Waals surface area contributed by atoms with Crippen molar-refractivity contribution in [2.75, 3.05) is 33.4 Å². The summed E-state index contributed by atoms with van der Waals surface area (Å²) < 4.78 is 10.8. The summed E-state index contributed by atoms with van der Waals surface area (Å²) in [5, 5.41) is 18.1. The first kappa shape index (κ1) is 25.1. The molecule has 2 rings (SSSR count). The summed E-state index contributed by atoms with van der Waals surface area (Å²) >= 11 is 0. The van der Waals surface area contributed by atoms with Crippen molar-refractivity contribution in [1.82, 2.24) is 5.32 Å². The third-order valence-electron chi connectivity index (χ3n) is 4.50. The van der Waals surface area contributed by atoms with Gasteiger partial charge < -0.3 is 25.0 Å². The van der Waals surface area contributed by atoms with Crippen molar-refractivity contribution in [3.63, 3.8) is 0 Å². The van der Waals surface area contributed by atoms with Crippen LogP contribution >= 0.6 is 0 Å². The van der Waals surface area contributed by atoms with E-state index in [-0.39, 0.29) is 5.41 Å². The molecule has 0 aromatic heterocycles. The minimum atomic E-state index is -1.82. The molecule has 0 aliphatic rings. The molecule has 0 radical (unpaired) electrons. The van der Waals surface area contributed by atoms with E-state index in [0.717, 1.165) is 38.5 Å². The Morgan fingerprint density at radius 2 is 1.43 bits per heavy atom. The molecule has 2 aromatic rings. The third-order valence-corrected chi connectivity index (χ3v) is 4.50. The van der Waals surface area contributed by atoms with E-state index in [1.807, 2.05) is 0 Å². The van der Waals surface area contributed by atoms with Crippen LogP contribution < -0.4 is 10.1 Å². The van der Waals surface area contributed by atoms with Gasteiger partial charge >= 0.3 is 11.9 Å². The van der Waals surface area contributed by atoms with Gasteiger partial charge in [-0.3, -0.25) is 0 Å². The van der Waals surface area contributed by atoms with E-state index >= 15 is 0 Å². The van der Waals surface area contributed by atoms with Crippen molar-refractivity contribution in [2.24, 2.45) is 0 Å². The maximum Gasteiger partial charge on any atom is 0.414 e. The van der Waals surface area contributed by atoms with E-state index in [1.165, 1.54) is 11.1 Å². The van der Waals surface area contributed by atoms with Gasteiger partial charge in [-0.05, 0) is 36.2 Å². The predicted octanol–water partition coefficient (Wildman–Crippen LogP) is 3.17. The SMILES string of the molecule is COCCNCCCOc1ccc(C(C)(C)c2ccccc2)cc1.O=C(O)C(=O)O. The number of hydrogen-bond donors (Lipinski definition) is 3. The van der Waals surface area contributed by atoms with Gasteiger partial charge in [-0.2, -0.15) is 0 Å². The van der Waals surface area contributed by atoms with Crippen molar-refractivity contribution in [1.29, 1.82) is 0 Å². The summed E-state index contributed by atoms with van der Waals surface area (Å²) in [6, 6.07) is 19.1. The average molecular weight is 418 g/mol. The van der Waals surface area contributed by atoms with Gasteiger partial charge in [0.25, 0.3) is 0 Å². The fraction of sp³-hybridized carbons (Fsp3) is 0.391.